The molecule has 1 aromatic carbocycles. The zero-order valence-electron chi connectivity index (χ0n) is 9.23. The summed E-state index contributed by atoms with van der Waals surface area (Å²) in [6.07, 6.45) is 0.840. The molecule has 0 aliphatic rings. The average molecular weight is 285 g/mol. The van der Waals surface area contributed by atoms with E-state index in [1.807, 2.05) is 0 Å². The fraction of sp³-hybridized carbons (Fsp3) is 0. The van der Waals surface area contributed by atoms with E-state index >= 15 is 0 Å². The van der Waals surface area contributed by atoms with Crippen LogP contribution >= 0.6 is 11.8 Å². The van der Waals surface area contributed by atoms with Crippen LogP contribution in [0.4, 0.5) is 13.2 Å². The van der Waals surface area contributed by atoms with Gasteiger partial charge in [-0.15, -0.1) is 0 Å². The number of carboxylic acids is 1. The topological polar surface area (TPSA) is 50.2 Å². The summed E-state index contributed by atoms with van der Waals surface area (Å²) in [7, 11) is 0. The summed E-state index contributed by atoms with van der Waals surface area (Å²) >= 11 is 0.780. The van der Waals surface area contributed by atoms with Crippen molar-refractivity contribution in [1.29, 1.82) is 0 Å². The Morgan fingerprint density at radius 2 is 1.89 bits per heavy atom. The van der Waals surface area contributed by atoms with E-state index < -0.39 is 29.0 Å². The monoisotopic (exact) mass is 285 g/mol. The van der Waals surface area contributed by atoms with E-state index in [2.05, 4.69) is 4.98 Å². The van der Waals surface area contributed by atoms with Gasteiger partial charge in [0.1, 0.15) is 16.7 Å². The molecule has 19 heavy (non-hydrogen) atoms. The molecule has 7 heteroatoms. The minimum atomic E-state index is -1.42. The molecule has 1 heterocycles. The van der Waals surface area contributed by atoms with Crippen LogP contribution in [0.2, 0.25) is 0 Å². The van der Waals surface area contributed by atoms with E-state index in [4.69, 9.17) is 5.11 Å². The second kappa shape index (κ2) is 5.31. The number of rotatable bonds is 3. The van der Waals surface area contributed by atoms with Crippen molar-refractivity contribution in [3.8, 4) is 0 Å². The third-order valence-electron chi connectivity index (χ3n) is 2.16. The summed E-state index contributed by atoms with van der Waals surface area (Å²) in [6, 6.07) is 3.98. The van der Waals surface area contributed by atoms with E-state index in [0.29, 0.717) is 6.07 Å². The van der Waals surface area contributed by atoms with Gasteiger partial charge in [-0.2, -0.15) is 0 Å². The zero-order valence-corrected chi connectivity index (χ0v) is 10.0. The van der Waals surface area contributed by atoms with Gasteiger partial charge in [0.25, 0.3) is 0 Å². The van der Waals surface area contributed by atoms with Crippen molar-refractivity contribution >= 4 is 17.7 Å². The molecule has 0 amide bonds. The SMILES string of the molecule is O=C(O)c1cc(Sc2ncc(F)cc2F)ccc1F. The number of nitrogens with zero attached hydrogens (tertiary/aromatic N) is 1. The maximum Gasteiger partial charge on any atom is 0.338 e. The second-order valence-corrected chi connectivity index (χ2v) is 4.55. The zero-order chi connectivity index (χ0) is 14.0. The van der Waals surface area contributed by atoms with Crippen molar-refractivity contribution in [1.82, 2.24) is 4.98 Å². The van der Waals surface area contributed by atoms with Gasteiger partial charge < -0.3 is 5.11 Å². The minimum absolute atomic E-state index is 0.121. The van der Waals surface area contributed by atoms with E-state index in [1.165, 1.54) is 6.07 Å². The van der Waals surface area contributed by atoms with Gasteiger partial charge in [-0.1, -0.05) is 11.8 Å². The maximum absolute atomic E-state index is 13.4. The first-order valence-corrected chi connectivity index (χ1v) is 5.81. The van der Waals surface area contributed by atoms with Crippen molar-refractivity contribution in [3.05, 3.63) is 53.5 Å². The molecule has 98 valence electrons. The largest absolute Gasteiger partial charge is 0.478 e. The van der Waals surface area contributed by atoms with Gasteiger partial charge in [0, 0.05) is 11.0 Å². The molecule has 2 rings (SSSR count). The standard InChI is InChI=1S/C12H6F3NO2S/c13-6-3-10(15)11(16-5-6)19-7-1-2-9(14)8(4-7)12(17)18/h1-5H,(H,17,18). The van der Waals surface area contributed by atoms with Gasteiger partial charge in [0.05, 0.1) is 11.8 Å². The highest BCUT2D eigenvalue weighted by Crippen LogP contribution is 2.29. The number of aromatic carboxylic acids is 1. The molecule has 0 spiro atoms. The summed E-state index contributed by atoms with van der Waals surface area (Å²) in [5.74, 6) is -3.99. The van der Waals surface area contributed by atoms with E-state index in [-0.39, 0.29) is 9.92 Å². The first-order valence-electron chi connectivity index (χ1n) is 4.99. The molecule has 1 aromatic heterocycles. The van der Waals surface area contributed by atoms with E-state index in [1.54, 1.807) is 0 Å². The Kier molecular flexibility index (Phi) is 3.75. The first kappa shape index (κ1) is 13.4. The summed E-state index contributed by atoms with van der Waals surface area (Å²) in [5, 5.41) is 8.64. The number of halogens is 3. The van der Waals surface area contributed by atoms with Crippen molar-refractivity contribution in [2.45, 2.75) is 9.92 Å². The van der Waals surface area contributed by atoms with Crippen molar-refractivity contribution in [2.24, 2.45) is 0 Å². The highest BCUT2D eigenvalue weighted by atomic mass is 32.2. The molecular formula is C12H6F3NO2S. The van der Waals surface area contributed by atoms with Crippen molar-refractivity contribution in [3.63, 3.8) is 0 Å². The van der Waals surface area contributed by atoms with Crippen LogP contribution < -0.4 is 0 Å². The Morgan fingerprint density at radius 1 is 1.16 bits per heavy atom. The van der Waals surface area contributed by atoms with E-state index in [0.717, 1.165) is 30.1 Å². The number of hydrogen-bond donors (Lipinski definition) is 1. The quantitative estimate of drug-likeness (QED) is 0.939. The van der Waals surface area contributed by atoms with Crippen LogP contribution in [0.15, 0.2) is 40.4 Å². The molecule has 0 atom stereocenters. The number of aromatic nitrogens is 1. The van der Waals surface area contributed by atoms with Crippen LogP contribution in [0.3, 0.4) is 0 Å². The van der Waals surface area contributed by atoms with Crippen LogP contribution in [0.5, 0.6) is 0 Å². The van der Waals surface area contributed by atoms with Crippen LogP contribution in [0.25, 0.3) is 0 Å². The van der Waals surface area contributed by atoms with Crippen LogP contribution in [0, 0.1) is 17.5 Å². The van der Waals surface area contributed by atoms with Gasteiger partial charge in [0.2, 0.25) is 0 Å². The summed E-state index contributed by atoms with van der Waals surface area (Å²) in [4.78, 5) is 14.6. The third kappa shape index (κ3) is 3.05. The number of hydrogen-bond acceptors (Lipinski definition) is 3. The molecular weight excluding hydrogens is 279 g/mol. The average Bonchev–Trinajstić information content (AvgIpc) is 2.34. The predicted octanol–water partition coefficient (Wildman–Crippen LogP) is 3.35. The number of pyridine rings is 1. The van der Waals surface area contributed by atoms with Gasteiger partial charge in [-0.25, -0.2) is 22.9 Å². The fourth-order valence-corrected chi connectivity index (χ4v) is 2.12. The fourth-order valence-electron chi connectivity index (χ4n) is 1.32. The lowest BCUT2D eigenvalue weighted by Gasteiger charge is -2.04. The maximum atomic E-state index is 13.4. The molecule has 0 saturated heterocycles. The van der Waals surface area contributed by atoms with E-state index in [9.17, 15) is 18.0 Å². The molecule has 0 saturated carbocycles. The number of carboxylic acid groups (broad SMARTS) is 1. The molecule has 2 aromatic rings. The van der Waals surface area contributed by atoms with Gasteiger partial charge in [-0.3, -0.25) is 0 Å². The minimum Gasteiger partial charge on any atom is -0.478 e. The Hall–Kier alpha value is -2.02. The lowest BCUT2D eigenvalue weighted by atomic mass is 10.2. The molecule has 1 N–H and O–H groups in total. The lowest BCUT2D eigenvalue weighted by molar-refractivity contribution is 0.0691. The summed E-state index contributed by atoms with van der Waals surface area (Å²) < 4.78 is 39.2. The second-order valence-electron chi connectivity index (χ2n) is 3.49. The van der Waals surface area contributed by atoms with Gasteiger partial charge >= 0.3 is 5.97 Å². The first-order chi connectivity index (χ1) is 8.97. The smallest absolute Gasteiger partial charge is 0.338 e. The van der Waals surface area contributed by atoms with Crippen molar-refractivity contribution in [2.75, 3.05) is 0 Å². The molecule has 0 aliphatic heterocycles. The van der Waals surface area contributed by atoms with Crippen LogP contribution in [-0.2, 0) is 0 Å². The molecule has 0 radical (unpaired) electrons. The normalized spacial score (nSPS) is 10.5. The Morgan fingerprint density at radius 3 is 2.53 bits per heavy atom. The number of carbonyl (C=O) groups is 1. The Balaban J connectivity index is 2.33. The molecule has 0 unspecified atom stereocenters. The predicted molar refractivity (Wildman–Crippen MR) is 61.6 cm³/mol. The highest BCUT2D eigenvalue weighted by Gasteiger charge is 2.13. The Labute approximate surface area is 110 Å². The number of benzene rings is 1. The molecule has 0 aliphatic carbocycles. The Bertz CT molecular complexity index is 649. The lowest BCUT2D eigenvalue weighted by Crippen LogP contribution is -2.00. The molecule has 0 fully saturated rings. The van der Waals surface area contributed by atoms with Gasteiger partial charge in [0.15, 0.2) is 5.82 Å². The highest BCUT2D eigenvalue weighted by molar-refractivity contribution is 7.99. The summed E-state index contributed by atoms with van der Waals surface area (Å²) in [5.41, 5.74) is -0.521. The van der Waals surface area contributed by atoms with Crippen LogP contribution in [0.1, 0.15) is 10.4 Å². The molecule has 0 bridgehead atoms. The van der Waals surface area contributed by atoms with Crippen molar-refractivity contribution < 1.29 is 23.1 Å². The molecule has 3 nitrogen and oxygen atoms in total. The third-order valence-corrected chi connectivity index (χ3v) is 3.14. The van der Waals surface area contributed by atoms with Gasteiger partial charge in [-0.05, 0) is 18.2 Å². The van der Waals surface area contributed by atoms with Crippen LogP contribution in [-0.4, -0.2) is 16.1 Å². The summed E-state index contributed by atoms with van der Waals surface area (Å²) in [6.45, 7) is 0.